The van der Waals surface area contributed by atoms with Gasteiger partial charge in [-0.1, -0.05) is 30.2 Å². The smallest absolute Gasteiger partial charge is 0.219 e. The molecule has 3 aromatic heterocycles. The van der Waals surface area contributed by atoms with Gasteiger partial charge in [0, 0.05) is 76.7 Å². The van der Waals surface area contributed by atoms with E-state index in [1.165, 1.54) is 24.3 Å². The number of piperazine rings is 1. The van der Waals surface area contributed by atoms with Crippen LogP contribution in [0.5, 0.6) is 11.6 Å². The average Bonchev–Trinajstić information content (AvgIpc) is 3.69. The highest BCUT2D eigenvalue weighted by molar-refractivity contribution is 6.04. The highest BCUT2D eigenvalue weighted by Crippen LogP contribution is 2.41. The van der Waals surface area contributed by atoms with Crippen molar-refractivity contribution in [2.75, 3.05) is 18.0 Å². The van der Waals surface area contributed by atoms with Crippen LogP contribution in [0.4, 0.5) is 14.6 Å². The molecular formula is C37H30F2N6O2. The molecule has 8 rings (SSSR count). The van der Waals surface area contributed by atoms with Gasteiger partial charge in [0.15, 0.2) is 11.6 Å². The Labute approximate surface area is 269 Å². The standard InChI is InChI=1S/C37H30F2N6O2/c1-3-27-30(38)12-9-22-15-26(46)16-28(33(22)27)35-34(39)32-21(2)37(47-20-31-40-13-14-45(31)25-7-5-4-6-8-25)43-36(29(32)17-41-35)44-18-23-10-11-24(19-44)42-23/h1,4-9,12-17,23-24,42,46H,10-11,18-20H2,2H3. The highest BCUT2D eigenvalue weighted by Gasteiger charge is 2.34. The topological polar surface area (TPSA) is 88.3 Å². The molecule has 0 radical (unpaired) electrons. The summed E-state index contributed by atoms with van der Waals surface area (Å²) in [5, 5.41) is 15.8. The molecule has 2 unspecified atom stereocenters. The van der Waals surface area contributed by atoms with Crippen molar-refractivity contribution >= 4 is 27.4 Å². The van der Waals surface area contributed by atoms with E-state index in [1.807, 2.05) is 41.1 Å². The number of halogens is 2. The number of pyridine rings is 2. The van der Waals surface area contributed by atoms with Crippen LogP contribution in [0.25, 0.3) is 38.5 Å². The van der Waals surface area contributed by atoms with Crippen LogP contribution < -0.4 is 15.0 Å². The van der Waals surface area contributed by atoms with Gasteiger partial charge in [0.25, 0.3) is 0 Å². The van der Waals surface area contributed by atoms with Gasteiger partial charge in [0.1, 0.15) is 29.7 Å². The van der Waals surface area contributed by atoms with Crippen molar-refractivity contribution in [2.24, 2.45) is 0 Å². The van der Waals surface area contributed by atoms with Crippen molar-refractivity contribution in [1.29, 1.82) is 0 Å². The molecule has 5 heterocycles. The maximum Gasteiger partial charge on any atom is 0.219 e. The number of hydrogen-bond donors (Lipinski definition) is 2. The molecule has 47 heavy (non-hydrogen) atoms. The Morgan fingerprint density at radius 1 is 1.04 bits per heavy atom. The number of benzene rings is 3. The second-order valence-electron chi connectivity index (χ2n) is 12.1. The van der Waals surface area contributed by atoms with E-state index in [9.17, 15) is 9.50 Å². The summed E-state index contributed by atoms with van der Waals surface area (Å²) < 4.78 is 40.3. The second kappa shape index (κ2) is 11.4. The average molecular weight is 629 g/mol. The molecule has 2 saturated heterocycles. The van der Waals surface area contributed by atoms with Gasteiger partial charge in [0.2, 0.25) is 5.88 Å². The van der Waals surface area contributed by atoms with Gasteiger partial charge in [-0.15, -0.1) is 6.42 Å². The van der Waals surface area contributed by atoms with E-state index in [-0.39, 0.29) is 40.4 Å². The Balaban J connectivity index is 1.30. The Morgan fingerprint density at radius 2 is 1.83 bits per heavy atom. The number of ether oxygens (including phenoxy) is 1. The first kappa shape index (κ1) is 28.9. The van der Waals surface area contributed by atoms with Crippen molar-refractivity contribution in [3.63, 3.8) is 0 Å². The highest BCUT2D eigenvalue weighted by atomic mass is 19.1. The molecule has 2 aliphatic rings. The molecule has 0 aliphatic carbocycles. The fraction of sp³-hybridized carbons (Fsp3) is 0.216. The maximum atomic E-state index is 17.1. The lowest BCUT2D eigenvalue weighted by Crippen LogP contribution is -2.51. The number of aromatic hydroxyl groups is 1. The van der Waals surface area contributed by atoms with Gasteiger partial charge < -0.3 is 24.6 Å². The number of nitrogens with one attached hydrogen (secondary N) is 1. The normalized spacial score (nSPS) is 17.4. The number of rotatable bonds is 6. The molecule has 2 atom stereocenters. The van der Waals surface area contributed by atoms with Crippen molar-refractivity contribution in [1.82, 2.24) is 24.8 Å². The first-order valence-corrected chi connectivity index (χ1v) is 15.5. The Hall–Kier alpha value is -5.53. The van der Waals surface area contributed by atoms with Gasteiger partial charge >= 0.3 is 0 Å². The zero-order valence-electron chi connectivity index (χ0n) is 25.5. The fourth-order valence-electron chi connectivity index (χ4n) is 7.06. The molecular weight excluding hydrogens is 598 g/mol. The van der Waals surface area contributed by atoms with Gasteiger partial charge in [-0.05, 0) is 55.5 Å². The summed E-state index contributed by atoms with van der Waals surface area (Å²) in [6, 6.07) is 16.0. The number of terminal acetylenes is 1. The second-order valence-corrected chi connectivity index (χ2v) is 12.1. The number of phenolic OH excluding ortho intramolecular Hbond substituents is 1. The molecule has 0 saturated carbocycles. The first-order valence-electron chi connectivity index (χ1n) is 15.5. The molecule has 2 bridgehead atoms. The number of aromatic nitrogens is 4. The molecule has 2 aliphatic heterocycles. The zero-order chi connectivity index (χ0) is 32.2. The van der Waals surface area contributed by atoms with E-state index < -0.39 is 11.6 Å². The predicted molar refractivity (Wildman–Crippen MR) is 177 cm³/mol. The van der Waals surface area contributed by atoms with E-state index in [2.05, 4.69) is 26.1 Å². The lowest BCUT2D eigenvalue weighted by atomic mass is 9.95. The SMILES string of the molecule is C#Cc1c(F)ccc2cc(O)cc(-c3ncc4c(N5CC6CCC(C5)N6)nc(OCc5nccn5-c5ccccc5)c(C)c4c3F)c12. The summed E-state index contributed by atoms with van der Waals surface area (Å²) >= 11 is 0. The maximum absolute atomic E-state index is 17.1. The van der Waals surface area contributed by atoms with Gasteiger partial charge in [-0.25, -0.2) is 13.8 Å². The van der Waals surface area contributed by atoms with E-state index >= 15 is 4.39 Å². The number of hydrogen-bond acceptors (Lipinski definition) is 7. The van der Waals surface area contributed by atoms with E-state index in [4.69, 9.17) is 16.1 Å². The monoisotopic (exact) mass is 628 g/mol. The Bertz CT molecular complexity index is 2220. The summed E-state index contributed by atoms with van der Waals surface area (Å²) in [5.74, 6) is 2.53. The molecule has 0 amide bonds. The van der Waals surface area contributed by atoms with Crippen LogP contribution in [0.15, 0.2) is 73.2 Å². The van der Waals surface area contributed by atoms with Crippen LogP contribution in [0, 0.1) is 30.9 Å². The lowest BCUT2D eigenvalue weighted by molar-refractivity contribution is 0.280. The minimum Gasteiger partial charge on any atom is -0.508 e. The minimum absolute atomic E-state index is 0.0276. The van der Waals surface area contributed by atoms with Crippen LogP contribution in [0.1, 0.15) is 29.8 Å². The Kier molecular flexibility index (Phi) is 6.99. The van der Waals surface area contributed by atoms with Gasteiger partial charge in [-0.2, -0.15) is 4.98 Å². The summed E-state index contributed by atoms with van der Waals surface area (Å²) in [6.45, 7) is 3.28. The number of imidazole rings is 1. The first-order chi connectivity index (χ1) is 22.9. The third-order valence-electron chi connectivity index (χ3n) is 9.22. The fourth-order valence-corrected chi connectivity index (χ4v) is 7.06. The number of aryl methyl sites for hydroxylation is 1. The summed E-state index contributed by atoms with van der Waals surface area (Å²) in [7, 11) is 0. The largest absolute Gasteiger partial charge is 0.508 e. The van der Waals surface area contributed by atoms with E-state index in [0.29, 0.717) is 58.5 Å². The van der Waals surface area contributed by atoms with Crippen LogP contribution in [-0.2, 0) is 6.61 Å². The van der Waals surface area contributed by atoms with Gasteiger partial charge in [0.05, 0.1) is 5.56 Å². The van der Waals surface area contributed by atoms with E-state index in [0.717, 1.165) is 18.5 Å². The molecule has 8 nitrogen and oxygen atoms in total. The van der Waals surface area contributed by atoms with Crippen LogP contribution >= 0.6 is 0 Å². The minimum atomic E-state index is -0.642. The molecule has 2 N–H and O–H groups in total. The Morgan fingerprint density at radius 3 is 2.60 bits per heavy atom. The van der Waals surface area contributed by atoms with Gasteiger partial charge in [-0.3, -0.25) is 4.98 Å². The summed E-state index contributed by atoms with van der Waals surface area (Å²) in [6.07, 6.45) is 13.0. The van der Waals surface area contributed by atoms with Crippen molar-refractivity contribution in [3.8, 4) is 40.9 Å². The van der Waals surface area contributed by atoms with Crippen molar-refractivity contribution in [2.45, 2.75) is 38.5 Å². The molecule has 6 aromatic rings. The molecule has 0 spiro atoms. The molecule has 2 fully saturated rings. The number of para-hydroxylation sites is 1. The quantitative estimate of drug-likeness (QED) is 0.206. The third-order valence-corrected chi connectivity index (χ3v) is 9.22. The van der Waals surface area contributed by atoms with E-state index in [1.54, 1.807) is 19.3 Å². The van der Waals surface area contributed by atoms with Crippen molar-refractivity contribution in [3.05, 3.63) is 102 Å². The number of anilines is 1. The molecule has 3 aromatic carbocycles. The number of nitrogens with zero attached hydrogens (tertiary/aromatic N) is 5. The van der Waals surface area contributed by atoms with Crippen LogP contribution in [0.2, 0.25) is 0 Å². The number of fused-ring (bicyclic) bond motifs is 4. The van der Waals surface area contributed by atoms with Crippen molar-refractivity contribution < 1.29 is 18.6 Å². The summed E-state index contributed by atoms with van der Waals surface area (Å²) in [4.78, 5) is 16.2. The summed E-state index contributed by atoms with van der Waals surface area (Å²) in [5.41, 5.74) is 1.52. The van der Waals surface area contributed by atoms with Crippen LogP contribution in [-0.4, -0.2) is 49.8 Å². The molecule has 234 valence electrons. The predicted octanol–water partition coefficient (Wildman–Crippen LogP) is 6.43. The third kappa shape index (κ3) is 4.91. The lowest BCUT2D eigenvalue weighted by Gasteiger charge is -2.34. The zero-order valence-corrected chi connectivity index (χ0v) is 25.5. The number of phenols is 1. The molecule has 10 heteroatoms. The van der Waals surface area contributed by atoms with Crippen LogP contribution in [0.3, 0.4) is 0 Å².